The zero-order valence-electron chi connectivity index (χ0n) is 34.7. The molecule has 0 N–H and O–H groups in total. The fourth-order valence-corrected chi connectivity index (χ4v) is 11.8. The molecule has 0 nitrogen and oxygen atoms in total. The summed E-state index contributed by atoms with van der Waals surface area (Å²) in [6.07, 6.45) is 30.5. The van der Waals surface area contributed by atoms with E-state index in [1.54, 1.807) is 0 Å². The molecule has 2 heteroatoms. The summed E-state index contributed by atoms with van der Waals surface area (Å²) in [7, 11) is 0. The van der Waals surface area contributed by atoms with Gasteiger partial charge in [0.15, 0.2) is 0 Å². The van der Waals surface area contributed by atoms with E-state index in [-0.39, 0.29) is 29.5 Å². The van der Waals surface area contributed by atoms with Gasteiger partial charge in [-0.3, -0.25) is 0 Å². The number of rotatable bonds is 19. The summed E-state index contributed by atoms with van der Waals surface area (Å²) in [4.78, 5) is 0. The van der Waals surface area contributed by atoms with Crippen LogP contribution in [0.5, 0.6) is 0 Å². The Bertz CT molecular complexity index is 2020. The van der Waals surface area contributed by atoms with Crippen molar-refractivity contribution >= 4 is 44.5 Å². The third-order valence-corrected chi connectivity index (χ3v) is 15.5. The van der Waals surface area contributed by atoms with E-state index in [2.05, 4.69) is 179 Å². The molecule has 1 aromatic heterocycles. The number of aryl methyl sites for hydroxylation is 4. The molecule has 1 aliphatic rings. The average Bonchev–Trinajstić information content (AvgIpc) is 3.26. The Balaban J connectivity index is 1.27. The van der Waals surface area contributed by atoms with E-state index in [1.165, 1.54) is 125 Å². The van der Waals surface area contributed by atoms with Gasteiger partial charge in [-0.2, -0.15) is 0 Å². The van der Waals surface area contributed by atoms with Crippen molar-refractivity contribution in [2.24, 2.45) is 0 Å². The van der Waals surface area contributed by atoms with Crippen LogP contribution in [0.15, 0.2) is 151 Å². The van der Waals surface area contributed by atoms with Crippen LogP contribution in [0.4, 0.5) is 0 Å². The van der Waals surface area contributed by atoms with Gasteiger partial charge in [0.05, 0.1) is 0 Å². The number of allylic oxidation sites excluding steroid dienone is 7. The van der Waals surface area contributed by atoms with Crippen LogP contribution in [0.2, 0.25) is 0 Å². The zero-order valence-corrected chi connectivity index (χ0v) is 38.2. The van der Waals surface area contributed by atoms with Crippen LogP contribution in [0, 0.1) is 0 Å². The van der Waals surface area contributed by atoms with Crippen molar-refractivity contribution in [3.8, 4) is 20.0 Å². The van der Waals surface area contributed by atoms with E-state index >= 15 is 0 Å². The molecule has 292 valence electrons. The average molecular weight is 880 g/mol. The number of benzene rings is 4. The van der Waals surface area contributed by atoms with Gasteiger partial charge in [-0.1, -0.05) is 0 Å². The number of hydrogen-bond acceptors (Lipinski definition) is 0. The monoisotopic (exact) mass is 881 g/mol. The summed E-state index contributed by atoms with van der Waals surface area (Å²) >= 11 is 0.464. The molecule has 0 spiro atoms. The van der Waals surface area contributed by atoms with Gasteiger partial charge in [0, 0.05) is 0 Å². The normalized spacial score (nSPS) is 13.0. The van der Waals surface area contributed by atoms with E-state index in [0.717, 1.165) is 25.7 Å². The third-order valence-electron chi connectivity index (χ3n) is 10.7. The van der Waals surface area contributed by atoms with Crippen LogP contribution >= 0.6 is 0 Å². The molecule has 0 amide bonds. The van der Waals surface area contributed by atoms with E-state index in [1.807, 2.05) is 0 Å². The Labute approximate surface area is 357 Å². The Hall–Kier alpha value is -4.03. The van der Waals surface area contributed by atoms with E-state index in [0.29, 0.717) is 0 Å². The van der Waals surface area contributed by atoms with E-state index < -0.39 is 0 Å². The van der Waals surface area contributed by atoms with Gasteiger partial charge in [0.1, 0.15) is 0 Å². The molecule has 0 saturated carbocycles. The minimum atomic E-state index is 0.232. The third kappa shape index (κ3) is 13.0. The van der Waals surface area contributed by atoms with Crippen LogP contribution in [-0.4, -0.2) is 29.5 Å². The van der Waals surface area contributed by atoms with Crippen molar-refractivity contribution in [3.05, 3.63) is 190 Å². The molecule has 0 saturated heterocycles. The Kier molecular flexibility index (Phi) is 17.0. The molecular formula is C55H61Se2+. The molecule has 0 unspecified atom stereocenters. The van der Waals surface area contributed by atoms with Crippen LogP contribution in [0.1, 0.15) is 118 Å². The van der Waals surface area contributed by atoms with Crippen LogP contribution in [0.25, 0.3) is 35.0 Å². The summed E-state index contributed by atoms with van der Waals surface area (Å²) in [6.45, 7) is 9.08. The fraction of sp³-hybridized carbons (Fsp3) is 0.291. The van der Waals surface area contributed by atoms with Crippen molar-refractivity contribution in [3.63, 3.8) is 0 Å². The molecule has 0 radical (unpaired) electrons. The molecule has 0 aliphatic carbocycles. The molecule has 0 bridgehead atoms. The number of unbranched alkanes of at least 4 members (excludes halogenated alkanes) is 4. The van der Waals surface area contributed by atoms with Crippen LogP contribution in [-0.2, 0) is 25.7 Å². The molecule has 0 fully saturated rings. The first-order valence-electron chi connectivity index (χ1n) is 21.6. The molecule has 4 aromatic carbocycles. The topological polar surface area (TPSA) is 0 Å². The summed E-state index contributed by atoms with van der Waals surface area (Å²) in [6, 6.07) is 42.3. The van der Waals surface area contributed by atoms with Gasteiger partial charge >= 0.3 is 359 Å². The fourth-order valence-electron chi connectivity index (χ4n) is 7.07. The maximum absolute atomic E-state index is 2.41. The molecular weight excluding hydrogens is 819 g/mol. The second kappa shape index (κ2) is 22.8. The Morgan fingerprint density at radius 1 is 0.439 bits per heavy atom. The zero-order chi connectivity index (χ0) is 39.7. The maximum atomic E-state index is 2.41. The summed E-state index contributed by atoms with van der Waals surface area (Å²) < 4.78 is 5.77. The Morgan fingerprint density at radius 2 is 0.807 bits per heavy atom. The van der Waals surface area contributed by atoms with E-state index in [4.69, 9.17) is 0 Å². The van der Waals surface area contributed by atoms with Gasteiger partial charge < -0.3 is 0 Å². The SMILES string of the molecule is CCCCc1ccc(C2=CC(=C/C=C/C=C/c3cc(-c4ccc(CCCC)cc4)[se+]c(-c4ccc(CCCC)cc4)c3)C=C(c3ccc(CCCC)cc3)[Se]2)cc1. The van der Waals surface area contributed by atoms with Crippen molar-refractivity contribution < 1.29 is 0 Å². The molecule has 6 rings (SSSR count). The first-order valence-corrected chi connectivity index (χ1v) is 25.0. The van der Waals surface area contributed by atoms with Crippen LogP contribution in [0.3, 0.4) is 0 Å². The minimum absolute atomic E-state index is 0.232. The predicted molar refractivity (Wildman–Crippen MR) is 254 cm³/mol. The quantitative estimate of drug-likeness (QED) is 0.0573. The van der Waals surface area contributed by atoms with Crippen molar-refractivity contribution in [1.82, 2.24) is 0 Å². The summed E-state index contributed by atoms with van der Waals surface area (Å²) in [5.74, 6) is 0. The van der Waals surface area contributed by atoms with Gasteiger partial charge in [0.25, 0.3) is 0 Å². The van der Waals surface area contributed by atoms with Gasteiger partial charge in [-0.05, 0) is 0 Å². The second-order valence-electron chi connectivity index (χ2n) is 15.4. The van der Waals surface area contributed by atoms with Crippen molar-refractivity contribution in [1.29, 1.82) is 0 Å². The van der Waals surface area contributed by atoms with Gasteiger partial charge in [-0.25, -0.2) is 0 Å². The predicted octanol–water partition coefficient (Wildman–Crippen LogP) is 15.0. The second-order valence-corrected chi connectivity index (χ2v) is 19.9. The van der Waals surface area contributed by atoms with Gasteiger partial charge in [-0.15, -0.1) is 0 Å². The summed E-state index contributed by atoms with van der Waals surface area (Å²) in [5, 5.41) is 0. The molecule has 1 aliphatic heterocycles. The summed E-state index contributed by atoms with van der Waals surface area (Å²) in [5.41, 5.74) is 13.7. The molecule has 57 heavy (non-hydrogen) atoms. The van der Waals surface area contributed by atoms with Crippen molar-refractivity contribution in [2.45, 2.75) is 105 Å². The number of hydrogen-bond donors (Lipinski definition) is 0. The first-order chi connectivity index (χ1) is 28.0. The first kappa shape index (κ1) is 42.6. The molecule has 2 heterocycles. The molecule has 5 aromatic rings. The molecule has 0 atom stereocenters. The van der Waals surface area contributed by atoms with Crippen molar-refractivity contribution in [2.75, 3.05) is 0 Å². The van der Waals surface area contributed by atoms with Gasteiger partial charge in [0.2, 0.25) is 0 Å². The van der Waals surface area contributed by atoms with E-state index in [9.17, 15) is 0 Å². The van der Waals surface area contributed by atoms with Crippen LogP contribution < -0.4 is 0 Å². The Morgan fingerprint density at radius 3 is 1.18 bits per heavy atom. The standard InChI is InChI=1S/C55H61Se2/c1-5-9-16-42-22-30-48(31-23-42)52-38-46(39-53(56-52)49-32-24-43(25-33-49)17-10-6-2)20-14-13-15-21-47-40-54(50-34-26-44(27-35-50)18-11-7-3)57-55(41-47)51-36-28-45(29-37-51)19-12-8-4/h13-15,20-41H,5-12,16-19H2,1-4H3/q+1.